The fourth-order valence-electron chi connectivity index (χ4n) is 3.18. The number of carbonyl (C=O) groups is 1. The number of nitrogens with zero attached hydrogens (tertiary/aromatic N) is 3. The van der Waals surface area contributed by atoms with E-state index < -0.39 is 0 Å². The second-order valence-corrected chi connectivity index (χ2v) is 6.18. The summed E-state index contributed by atoms with van der Waals surface area (Å²) in [6.07, 6.45) is 6.40. The van der Waals surface area contributed by atoms with E-state index in [1.807, 2.05) is 4.90 Å². The van der Waals surface area contributed by atoms with Crippen molar-refractivity contribution in [3.8, 4) is 0 Å². The second-order valence-electron chi connectivity index (χ2n) is 5.39. The Hall–Kier alpha value is -1.01. The molecule has 1 aromatic rings. The molecule has 2 saturated heterocycles. The summed E-state index contributed by atoms with van der Waals surface area (Å²) >= 11 is 1.19. The summed E-state index contributed by atoms with van der Waals surface area (Å²) in [5, 5.41) is 7.23. The van der Waals surface area contributed by atoms with Gasteiger partial charge in [0.15, 0.2) is 0 Å². The van der Waals surface area contributed by atoms with Crippen molar-refractivity contribution in [1.82, 2.24) is 19.8 Å². The Bertz CT molecular complexity index is 408. The van der Waals surface area contributed by atoms with Gasteiger partial charge in [-0.3, -0.25) is 4.79 Å². The van der Waals surface area contributed by atoms with Crippen molar-refractivity contribution in [2.45, 2.75) is 25.7 Å². The Morgan fingerprint density at radius 1 is 1.44 bits per heavy atom. The molecule has 1 unspecified atom stereocenters. The van der Waals surface area contributed by atoms with Crippen LogP contribution in [0.3, 0.4) is 0 Å². The quantitative estimate of drug-likeness (QED) is 0.828. The van der Waals surface area contributed by atoms with Gasteiger partial charge in [0.25, 0.3) is 5.91 Å². The average molecular weight is 266 g/mol. The summed E-state index contributed by atoms with van der Waals surface area (Å²) in [6.45, 7) is 3.93. The molecule has 2 aliphatic heterocycles. The standard InChI is InChI=1S/C12H18N4OS/c17-11(10-7-14-15-18-10)16-6-2-4-12(9-16)3-1-5-13-8-12/h7,13H,1-6,8-9H2. The topological polar surface area (TPSA) is 58.1 Å². The van der Waals surface area contributed by atoms with Gasteiger partial charge < -0.3 is 10.2 Å². The van der Waals surface area contributed by atoms with Crippen LogP contribution < -0.4 is 5.32 Å². The number of likely N-dealkylation sites (tertiary alicyclic amines) is 1. The van der Waals surface area contributed by atoms with Crippen molar-refractivity contribution in [1.29, 1.82) is 0 Å². The summed E-state index contributed by atoms with van der Waals surface area (Å²) in [5.41, 5.74) is 0.310. The molecule has 98 valence electrons. The van der Waals surface area contributed by atoms with Crippen molar-refractivity contribution in [2.24, 2.45) is 5.41 Å². The highest BCUT2D eigenvalue weighted by Gasteiger charge is 2.38. The van der Waals surface area contributed by atoms with Crippen molar-refractivity contribution < 1.29 is 4.79 Å². The maximum absolute atomic E-state index is 12.3. The van der Waals surface area contributed by atoms with Gasteiger partial charge in [-0.2, -0.15) is 0 Å². The molecule has 0 aliphatic carbocycles. The SMILES string of the molecule is O=C(c1cnns1)N1CCCC2(CCCNC2)C1. The first-order chi connectivity index (χ1) is 8.79. The van der Waals surface area contributed by atoms with Crippen LogP contribution >= 0.6 is 11.5 Å². The van der Waals surface area contributed by atoms with Crippen LogP contribution in [0.1, 0.15) is 35.4 Å². The van der Waals surface area contributed by atoms with E-state index in [4.69, 9.17) is 0 Å². The van der Waals surface area contributed by atoms with E-state index in [-0.39, 0.29) is 5.91 Å². The number of hydrogen-bond acceptors (Lipinski definition) is 5. The molecule has 1 amide bonds. The average Bonchev–Trinajstić information content (AvgIpc) is 2.93. The molecule has 18 heavy (non-hydrogen) atoms. The van der Waals surface area contributed by atoms with Gasteiger partial charge in [-0.1, -0.05) is 4.49 Å². The smallest absolute Gasteiger partial charge is 0.267 e. The number of rotatable bonds is 1. The maximum atomic E-state index is 12.3. The molecule has 3 rings (SSSR count). The third kappa shape index (κ3) is 2.27. The number of hydrogen-bond donors (Lipinski definition) is 1. The Labute approximate surface area is 111 Å². The van der Waals surface area contributed by atoms with E-state index >= 15 is 0 Å². The van der Waals surface area contributed by atoms with Gasteiger partial charge >= 0.3 is 0 Å². The molecule has 3 heterocycles. The van der Waals surface area contributed by atoms with Gasteiger partial charge in [-0.15, -0.1) is 5.10 Å². The predicted octanol–water partition coefficient (Wildman–Crippen LogP) is 1.14. The molecule has 0 bridgehead atoms. The molecule has 0 saturated carbocycles. The fourth-order valence-corrected chi connectivity index (χ4v) is 3.66. The monoisotopic (exact) mass is 266 g/mol. The Balaban J connectivity index is 1.72. The number of carbonyl (C=O) groups excluding carboxylic acids is 1. The highest BCUT2D eigenvalue weighted by Crippen LogP contribution is 2.36. The molecule has 1 aromatic heterocycles. The van der Waals surface area contributed by atoms with Gasteiger partial charge in [0.1, 0.15) is 4.88 Å². The predicted molar refractivity (Wildman–Crippen MR) is 69.6 cm³/mol. The van der Waals surface area contributed by atoms with Gasteiger partial charge in [-0.25, -0.2) is 0 Å². The van der Waals surface area contributed by atoms with Crippen molar-refractivity contribution in [3.05, 3.63) is 11.1 Å². The summed E-state index contributed by atoms with van der Waals surface area (Å²) in [4.78, 5) is 15.0. The minimum atomic E-state index is 0.106. The van der Waals surface area contributed by atoms with Crippen LogP contribution in [-0.4, -0.2) is 46.6 Å². The third-order valence-electron chi connectivity index (χ3n) is 4.08. The van der Waals surface area contributed by atoms with Crippen molar-refractivity contribution in [3.63, 3.8) is 0 Å². The molecule has 1 atom stereocenters. The van der Waals surface area contributed by atoms with Crippen LogP contribution in [0.5, 0.6) is 0 Å². The minimum absolute atomic E-state index is 0.106. The van der Waals surface area contributed by atoms with E-state index in [2.05, 4.69) is 14.9 Å². The van der Waals surface area contributed by atoms with Crippen molar-refractivity contribution >= 4 is 17.4 Å². The largest absolute Gasteiger partial charge is 0.337 e. The van der Waals surface area contributed by atoms with Crippen LogP contribution in [0.2, 0.25) is 0 Å². The zero-order valence-electron chi connectivity index (χ0n) is 10.4. The Morgan fingerprint density at radius 3 is 3.06 bits per heavy atom. The van der Waals surface area contributed by atoms with Crippen LogP contribution in [-0.2, 0) is 0 Å². The molecule has 6 heteroatoms. The second kappa shape index (κ2) is 4.93. The number of aromatic nitrogens is 2. The molecule has 1 N–H and O–H groups in total. The molecular weight excluding hydrogens is 248 g/mol. The summed E-state index contributed by atoms with van der Waals surface area (Å²) in [6, 6.07) is 0. The molecule has 2 aliphatic rings. The molecule has 0 radical (unpaired) electrons. The van der Waals surface area contributed by atoms with Crippen LogP contribution in [0.15, 0.2) is 6.20 Å². The van der Waals surface area contributed by atoms with E-state index in [0.717, 1.165) is 32.6 Å². The first kappa shape index (κ1) is 12.0. The van der Waals surface area contributed by atoms with Crippen LogP contribution in [0.25, 0.3) is 0 Å². The van der Waals surface area contributed by atoms with Gasteiger partial charge in [0, 0.05) is 25.0 Å². The van der Waals surface area contributed by atoms with Gasteiger partial charge in [0.2, 0.25) is 0 Å². The lowest BCUT2D eigenvalue weighted by Gasteiger charge is -2.45. The normalized spacial score (nSPS) is 28.6. The van der Waals surface area contributed by atoms with Crippen LogP contribution in [0, 0.1) is 5.41 Å². The lowest BCUT2D eigenvalue weighted by Crippen LogP contribution is -2.52. The number of piperidine rings is 2. The van der Waals surface area contributed by atoms with Crippen molar-refractivity contribution in [2.75, 3.05) is 26.2 Å². The Morgan fingerprint density at radius 2 is 2.33 bits per heavy atom. The highest BCUT2D eigenvalue weighted by atomic mass is 32.1. The Kier molecular flexibility index (Phi) is 3.30. The zero-order chi connectivity index (χ0) is 12.4. The maximum Gasteiger partial charge on any atom is 0.267 e. The number of amides is 1. The summed E-state index contributed by atoms with van der Waals surface area (Å²) in [5.74, 6) is 0.106. The summed E-state index contributed by atoms with van der Waals surface area (Å²) < 4.78 is 3.77. The minimum Gasteiger partial charge on any atom is -0.337 e. The number of nitrogens with one attached hydrogen (secondary N) is 1. The van der Waals surface area contributed by atoms with Crippen LogP contribution in [0.4, 0.5) is 0 Å². The zero-order valence-corrected chi connectivity index (χ0v) is 11.2. The highest BCUT2D eigenvalue weighted by molar-refractivity contribution is 7.07. The van der Waals surface area contributed by atoms with Gasteiger partial charge in [-0.05, 0) is 43.8 Å². The lowest BCUT2D eigenvalue weighted by atomic mass is 9.74. The first-order valence-electron chi connectivity index (χ1n) is 6.57. The molecule has 2 fully saturated rings. The van der Waals surface area contributed by atoms with E-state index in [9.17, 15) is 4.79 Å². The molecule has 0 aromatic carbocycles. The van der Waals surface area contributed by atoms with E-state index in [1.165, 1.54) is 30.8 Å². The molecule has 1 spiro atoms. The first-order valence-corrected chi connectivity index (χ1v) is 7.34. The van der Waals surface area contributed by atoms with E-state index in [0.29, 0.717) is 10.3 Å². The lowest BCUT2D eigenvalue weighted by molar-refractivity contribution is 0.0438. The molecular formula is C12H18N4OS. The molecule has 5 nitrogen and oxygen atoms in total. The fraction of sp³-hybridized carbons (Fsp3) is 0.750. The summed E-state index contributed by atoms with van der Waals surface area (Å²) in [7, 11) is 0. The van der Waals surface area contributed by atoms with Gasteiger partial charge in [0.05, 0.1) is 6.20 Å². The third-order valence-corrected chi connectivity index (χ3v) is 4.73. The van der Waals surface area contributed by atoms with E-state index in [1.54, 1.807) is 6.20 Å².